The van der Waals surface area contributed by atoms with E-state index >= 15 is 0 Å². The molecule has 1 aromatic rings. The number of halogens is 2. The lowest BCUT2D eigenvalue weighted by Gasteiger charge is -2.46. The summed E-state index contributed by atoms with van der Waals surface area (Å²) in [6, 6.07) is 3.77. The maximum Gasteiger partial charge on any atom is 0.154 e. The van der Waals surface area contributed by atoms with Crippen LogP contribution in [-0.2, 0) is 15.4 Å². The molecule has 17 heavy (non-hydrogen) atoms. The van der Waals surface area contributed by atoms with Gasteiger partial charge in [0.05, 0.1) is 17.0 Å². The molecule has 1 fully saturated rings. The van der Waals surface area contributed by atoms with Crippen molar-refractivity contribution in [2.24, 2.45) is 0 Å². The Bertz CT molecular complexity index is 450. The molecule has 7 heteroatoms. The van der Waals surface area contributed by atoms with Gasteiger partial charge in [-0.05, 0) is 25.7 Å². The van der Waals surface area contributed by atoms with E-state index in [0.717, 1.165) is 5.56 Å². The van der Waals surface area contributed by atoms with Crippen LogP contribution in [0.3, 0.4) is 0 Å². The molecule has 0 atom stereocenters. The van der Waals surface area contributed by atoms with Gasteiger partial charge < -0.3 is 0 Å². The summed E-state index contributed by atoms with van der Waals surface area (Å²) in [5.41, 5.74) is 0.609. The SMILES string of the molecule is CN(C)C1(c2cccnc2)CS(=O)(=O)C1.Cl.Cl. The second-order valence-electron chi connectivity index (χ2n) is 4.20. The largest absolute Gasteiger partial charge is 0.298 e. The molecule has 0 aliphatic carbocycles. The molecule has 0 saturated carbocycles. The number of pyridine rings is 1. The van der Waals surface area contributed by atoms with E-state index in [1.807, 2.05) is 31.1 Å². The molecule has 2 heterocycles. The Morgan fingerprint density at radius 2 is 1.88 bits per heavy atom. The Morgan fingerprint density at radius 3 is 2.24 bits per heavy atom. The summed E-state index contributed by atoms with van der Waals surface area (Å²) >= 11 is 0. The first-order valence-corrected chi connectivity index (χ1v) is 6.57. The van der Waals surface area contributed by atoms with Crippen LogP contribution in [0.5, 0.6) is 0 Å². The van der Waals surface area contributed by atoms with E-state index in [2.05, 4.69) is 4.98 Å². The highest BCUT2D eigenvalue weighted by Crippen LogP contribution is 2.37. The quantitative estimate of drug-likeness (QED) is 0.821. The fraction of sp³-hybridized carbons (Fsp3) is 0.500. The molecule has 1 aromatic heterocycles. The maximum atomic E-state index is 11.3. The van der Waals surface area contributed by atoms with E-state index in [1.165, 1.54) is 0 Å². The maximum absolute atomic E-state index is 11.3. The fourth-order valence-electron chi connectivity index (χ4n) is 2.01. The van der Waals surface area contributed by atoms with Gasteiger partial charge in [-0.3, -0.25) is 9.88 Å². The normalized spacial score (nSPS) is 19.7. The van der Waals surface area contributed by atoms with Crippen LogP contribution < -0.4 is 0 Å². The van der Waals surface area contributed by atoms with Crippen LogP contribution in [0.15, 0.2) is 24.5 Å². The first kappa shape index (κ1) is 16.6. The molecule has 1 saturated heterocycles. The van der Waals surface area contributed by atoms with E-state index in [1.54, 1.807) is 12.4 Å². The predicted molar refractivity (Wildman–Crippen MR) is 72.8 cm³/mol. The number of hydrogen-bond acceptors (Lipinski definition) is 4. The van der Waals surface area contributed by atoms with Crippen LogP contribution in [0.1, 0.15) is 5.56 Å². The average molecular weight is 299 g/mol. The predicted octanol–water partition coefficient (Wildman–Crippen LogP) is 1.11. The van der Waals surface area contributed by atoms with Crippen LogP contribution in [0.25, 0.3) is 0 Å². The molecule has 0 bridgehead atoms. The first-order valence-electron chi connectivity index (χ1n) is 4.75. The lowest BCUT2D eigenvalue weighted by atomic mass is 9.93. The van der Waals surface area contributed by atoms with E-state index in [4.69, 9.17) is 0 Å². The first-order chi connectivity index (χ1) is 6.96. The van der Waals surface area contributed by atoms with Crippen LogP contribution in [0.4, 0.5) is 0 Å². The van der Waals surface area contributed by atoms with Crippen molar-refractivity contribution in [3.05, 3.63) is 30.1 Å². The Hall–Kier alpha value is -0.360. The Balaban J connectivity index is 0.00000128. The lowest BCUT2D eigenvalue weighted by molar-refractivity contribution is 0.183. The molecule has 0 N–H and O–H groups in total. The smallest absolute Gasteiger partial charge is 0.154 e. The minimum absolute atomic E-state index is 0. The molecule has 98 valence electrons. The van der Waals surface area contributed by atoms with Crippen LogP contribution in [-0.4, -0.2) is 43.9 Å². The standard InChI is InChI=1S/C10H14N2O2S.2ClH/c1-12(2)10(7-15(13,14)8-10)9-4-3-5-11-6-9;;/h3-6H,7-8H2,1-2H3;2*1H. The van der Waals surface area contributed by atoms with Gasteiger partial charge in [0.1, 0.15) is 0 Å². The van der Waals surface area contributed by atoms with Gasteiger partial charge in [-0.1, -0.05) is 6.07 Å². The molecule has 4 nitrogen and oxygen atoms in total. The van der Waals surface area contributed by atoms with Crippen molar-refractivity contribution >= 4 is 34.7 Å². The van der Waals surface area contributed by atoms with E-state index < -0.39 is 9.84 Å². The molecule has 0 radical (unpaired) electrons. The molecule has 0 unspecified atom stereocenters. The lowest BCUT2D eigenvalue weighted by Crippen LogP contribution is -2.60. The number of hydrogen-bond donors (Lipinski definition) is 0. The molecular weight excluding hydrogens is 283 g/mol. The second kappa shape index (κ2) is 5.52. The third kappa shape index (κ3) is 2.91. The van der Waals surface area contributed by atoms with Gasteiger partial charge >= 0.3 is 0 Å². The molecular formula is C10H16Cl2N2O2S. The topological polar surface area (TPSA) is 50.3 Å². The average Bonchev–Trinajstić information content (AvgIpc) is 2.14. The number of nitrogens with zero attached hydrogens (tertiary/aromatic N) is 2. The molecule has 2 rings (SSSR count). The molecule has 1 aliphatic rings. The summed E-state index contributed by atoms with van der Waals surface area (Å²) < 4.78 is 22.7. The van der Waals surface area contributed by atoms with Crippen LogP contribution in [0.2, 0.25) is 0 Å². The molecule has 0 spiro atoms. The fourth-order valence-corrected chi connectivity index (χ4v) is 4.23. The zero-order chi connectivity index (χ0) is 11.1. The highest BCUT2D eigenvalue weighted by atomic mass is 35.5. The van der Waals surface area contributed by atoms with Crippen molar-refractivity contribution in [1.82, 2.24) is 9.88 Å². The summed E-state index contributed by atoms with van der Waals surface area (Å²) in [6.07, 6.45) is 3.44. The summed E-state index contributed by atoms with van der Waals surface area (Å²) in [6.45, 7) is 0. The van der Waals surface area contributed by atoms with Gasteiger partial charge in [0, 0.05) is 12.4 Å². The minimum Gasteiger partial charge on any atom is -0.298 e. The highest BCUT2D eigenvalue weighted by Gasteiger charge is 2.51. The number of rotatable bonds is 2. The van der Waals surface area contributed by atoms with Gasteiger partial charge in [0.25, 0.3) is 0 Å². The van der Waals surface area contributed by atoms with Crippen molar-refractivity contribution in [2.75, 3.05) is 25.6 Å². The van der Waals surface area contributed by atoms with Gasteiger partial charge in [-0.25, -0.2) is 8.42 Å². The zero-order valence-electron chi connectivity index (χ0n) is 9.66. The van der Waals surface area contributed by atoms with Gasteiger partial charge in [0.15, 0.2) is 9.84 Å². The molecule has 1 aliphatic heterocycles. The highest BCUT2D eigenvalue weighted by molar-refractivity contribution is 7.93. The van der Waals surface area contributed by atoms with Crippen molar-refractivity contribution in [3.8, 4) is 0 Å². The van der Waals surface area contributed by atoms with E-state index in [9.17, 15) is 8.42 Å². The second-order valence-corrected chi connectivity index (χ2v) is 6.26. The number of aromatic nitrogens is 1. The van der Waals surface area contributed by atoms with Crippen molar-refractivity contribution < 1.29 is 8.42 Å². The third-order valence-corrected chi connectivity index (χ3v) is 4.81. The minimum atomic E-state index is -2.85. The Kier molecular flexibility index (Phi) is 5.40. The summed E-state index contributed by atoms with van der Waals surface area (Å²) in [5.74, 6) is 0.386. The summed E-state index contributed by atoms with van der Waals surface area (Å²) in [5, 5.41) is 0. The number of sulfone groups is 1. The third-order valence-electron chi connectivity index (χ3n) is 2.97. The van der Waals surface area contributed by atoms with E-state index in [-0.39, 0.29) is 41.9 Å². The van der Waals surface area contributed by atoms with Gasteiger partial charge in [0.2, 0.25) is 0 Å². The molecule has 0 aromatic carbocycles. The zero-order valence-corrected chi connectivity index (χ0v) is 12.1. The van der Waals surface area contributed by atoms with Crippen LogP contribution >= 0.6 is 24.8 Å². The van der Waals surface area contributed by atoms with Gasteiger partial charge in [-0.2, -0.15) is 0 Å². The Labute approximate surface area is 114 Å². The Morgan fingerprint density at radius 1 is 1.29 bits per heavy atom. The monoisotopic (exact) mass is 298 g/mol. The van der Waals surface area contributed by atoms with Gasteiger partial charge in [-0.15, -0.1) is 24.8 Å². The van der Waals surface area contributed by atoms with Crippen molar-refractivity contribution in [2.45, 2.75) is 5.54 Å². The van der Waals surface area contributed by atoms with E-state index in [0.29, 0.717) is 0 Å². The summed E-state index contributed by atoms with van der Waals surface area (Å²) in [4.78, 5) is 6.00. The summed E-state index contributed by atoms with van der Waals surface area (Å²) in [7, 11) is 0.957. The van der Waals surface area contributed by atoms with Crippen LogP contribution in [0, 0.1) is 0 Å². The molecule has 0 amide bonds. The van der Waals surface area contributed by atoms with Crippen molar-refractivity contribution in [3.63, 3.8) is 0 Å². The van der Waals surface area contributed by atoms with Crippen molar-refractivity contribution in [1.29, 1.82) is 0 Å².